The molecule has 1 fully saturated rings. The number of hydrogen-bond acceptors (Lipinski definition) is 7. The minimum atomic E-state index is -0.00635. The van der Waals surface area contributed by atoms with Gasteiger partial charge in [-0.05, 0) is 36.5 Å². The molecule has 154 valence electrons. The monoisotopic (exact) mass is 413 g/mol. The molecule has 0 unspecified atom stereocenters. The lowest BCUT2D eigenvalue weighted by Gasteiger charge is -2.31. The van der Waals surface area contributed by atoms with Crippen LogP contribution in [0.15, 0.2) is 28.7 Å². The molecule has 1 aromatic carbocycles. The van der Waals surface area contributed by atoms with Crippen LogP contribution in [0.1, 0.15) is 56.0 Å². The lowest BCUT2D eigenvalue weighted by molar-refractivity contribution is -0.129. The van der Waals surface area contributed by atoms with Gasteiger partial charge >= 0.3 is 6.01 Å². The van der Waals surface area contributed by atoms with Gasteiger partial charge in [0.2, 0.25) is 11.8 Å². The summed E-state index contributed by atoms with van der Waals surface area (Å²) in [6.45, 7) is 2.86. The first-order chi connectivity index (χ1) is 14.1. The lowest BCUT2D eigenvalue weighted by atomic mass is 9.87. The van der Waals surface area contributed by atoms with E-state index in [1.807, 2.05) is 12.1 Å². The number of carbonyl (C=O) groups is 1. The van der Waals surface area contributed by atoms with E-state index >= 15 is 0 Å². The number of amides is 1. The molecule has 0 bridgehead atoms. The van der Waals surface area contributed by atoms with Crippen molar-refractivity contribution in [3.8, 4) is 6.07 Å². The Kier molecular flexibility index (Phi) is 7.53. The fourth-order valence-corrected chi connectivity index (χ4v) is 5.23. The highest BCUT2D eigenvalue weighted by molar-refractivity contribution is 8.00. The van der Waals surface area contributed by atoms with E-state index in [4.69, 9.17) is 15.4 Å². The van der Waals surface area contributed by atoms with Crippen LogP contribution >= 0.6 is 11.8 Å². The van der Waals surface area contributed by atoms with Gasteiger partial charge in [-0.1, -0.05) is 43.4 Å². The standard InChI is InChI=1S/C21H27N5O2S/c1-2-17-5-3-4-6-18(17)29-14-20(27)26(13-19-24-25-21(23)28-19)12-16-9-7-15(11-22)8-10-16/h7-10,17-18H,2-6,12-14H2,1H3,(H2,23,25)/t17-,18-/m1/s1. The number of nitrogens with zero attached hydrogens (tertiary/aromatic N) is 4. The van der Waals surface area contributed by atoms with Gasteiger partial charge < -0.3 is 15.1 Å². The van der Waals surface area contributed by atoms with E-state index in [1.54, 1.807) is 28.8 Å². The lowest BCUT2D eigenvalue weighted by Crippen LogP contribution is -2.33. The molecular formula is C21H27N5O2S. The van der Waals surface area contributed by atoms with Gasteiger partial charge in [0.1, 0.15) is 0 Å². The Bertz CT molecular complexity index is 846. The molecule has 1 aromatic heterocycles. The summed E-state index contributed by atoms with van der Waals surface area (Å²) in [5.41, 5.74) is 7.06. The molecule has 1 aliphatic carbocycles. The van der Waals surface area contributed by atoms with Crippen LogP contribution in [0, 0.1) is 17.2 Å². The van der Waals surface area contributed by atoms with Crippen molar-refractivity contribution in [3.63, 3.8) is 0 Å². The minimum Gasteiger partial charge on any atom is -0.406 e. The average Bonchev–Trinajstić information content (AvgIpc) is 3.16. The van der Waals surface area contributed by atoms with Gasteiger partial charge in [0.05, 0.1) is 23.9 Å². The van der Waals surface area contributed by atoms with Gasteiger partial charge in [-0.2, -0.15) is 5.26 Å². The predicted molar refractivity (Wildman–Crippen MR) is 113 cm³/mol. The number of aromatic nitrogens is 2. The van der Waals surface area contributed by atoms with Crippen molar-refractivity contribution < 1.29 is 9.21 Å². The smallest absolute Gasteiger partial charge is 0.312 e. The molecule has 0 saturated heterocycles. The Balaban J connectivity index is 1.67. The van der Waals surface area contributed by atoms with E-state index in [0.29, 0.717) is 34.9 Å². The van der Waals surface area contributed by atoms with Gasteiger partial charge in [0.15, 0.2) is 0 Å². The predicted octanol–water partition coefficient (Wildman–Crippen LogP) is 3.75. The van der Waals surface area contributed by atoms with Crippen LogP contribution in [0.2, 0.25) is 0 Å². The van der Waals surface area contributed by atoms with E-state index in [1.165, 1.54) is 32.1 Å². The molecule has 0 radical (unpaired) electrons. The maximum Gasteiger partial charge on any atom is 0.312 e. The minimum absolute atomic E-state index is 0.00635. The summed E-state index contributed by atoms with van der Waals surface area (Å²) in [6, 6.07) is 9.34. The third-order valence-corrected chi connectivity index (χ3v) is 6.86. The summed E-state index contributed by atoms with van der Waals surface area (Å²) in [5, 5.41) is 17.1. The molecular weight excluding hydrogens is 386 g/mol. The summed E-state index contributed by atoms with van der Waals surface area (Å²) in [4.78, 5) is 14.8. The zero-order valence-electron chi connectivity index (χ0n) is 16.7. The molecule has 2 aromatic rings. The Morgan fingerprint density at radius 2 is 2.03 bits per heavy atom. The van der Waals surface area contributed by atoms with Crippen molar-refractivity contribution in [1.82, 2.24) is 15.1 Å². The van der Waals surface area contributed by atoms with Crippen molar-refractivity contribution in [2.45, 2.75) is 57.4 Å². The molecule has 29 heavy (non-hydrogen) atoms. The Hall–Kier alpha value is -2.53. The van der Waals surface area contributed by atoms with Crippen LogP contribution in [0.3, 0.4) is 0 Å². The third kappa shape index (κ3) is 5.97. The highest BCUT2D eigenvalue weighted by Crippen LogP contribution is 2.35. The Labute approximate surface area is 175 Å². The molecule has 1 heterocycles. The fraction of sp³-hybridized carbons (Fsp3) is 0.524. The maximum absolute atomic E-state index is 13.1. The zero-order valence-corrected chi connectivity index (χ0v) is 17.5. The van der Waals surface area contributed by atoms with Gasteiger partial charge in [0, 0.05) is 11.8 Å². The van der Waals surface area contributed by atoms with Crippen molar-refractivity contribution in [2.75, 3.05) is 11.5 Å². The number of rotatable bonds is 8. The number of carbonyl (C=O) groups excluding carboxylic acids is 1. The highest BCUT2D eigenvalue weighted by Gasteiger charge is 2.26. The van der Waals surface area contributed by atoms with Crippen molar-refractivity contribution in [1.29, 1.82) is 5.26 Å². The molecule has 3 rings (SSSR count). The number of thioether (sulfide) groups is 1. The largest absolute Gasteiger partial charge is 0.406 e. The Morgan fingerprint density at radius 1 is 1.28 bits per heavy atom. The van der Waals surface area contributed by atoms with Crippen molar-refractivity contribution in [3.05, 3.63) is 41.3 Å². The van der Waals surface area contributed by atoms with Gasteiger partial charge in [-0.3, -0.25) is 4.79 Å². The quantitative estimate of drug-likeness (QED) is 0.702. The van der Waals surface area contributed by atoms with Crippen LogP contribution < -0.4 is 5.73 Å². The highest BCUT2D eigenvalue weighted by atomic mass is 32.2. The van der Waals surface area contributed by atoms with Crippen molar-refractivity contribution in [2.24, 2.45) is 5.92 Å². The average molecular weight is 414 g/mol. The van der Waals surface area contributed by atoms with E-state index < -0.39 is 0 Å². The second-order valence-electron chi connectivity index (χ2n) is 7.39. The fourth-order valence-electron chi connectivity index (χ4n) is 3.76. The zero-order chi connectivity index (χ0) is 20.6. The normalized spacial score (nSPS) is 18.9. The molecule has 2 N–H and O–H groups in total. The summed E-state index contributed by atoms with van der Waals surface area (Å²) >= 11 is 1.77. The van der Waals surface area contributed by atoms with E-state index in [2.05, 4.69) is 23.2 Å². The number of benzene rings is 1. The number of nitriles is 1. The Morgan fingerprint density at radius 3 is 2.69 bits per heavy atom. The first-order valence-electron chi connectivity index (χ1n) is 10.0. The van der Waals surface area contributed by atoms with Gasteiger partial charge in [-0.25, -0.2) is 0 Å². The summed E-state index contributed by atoms with van der Waals surface area (Å²) < 4.78 is 5.28. The number of hydrogen-bond donors (Lipinski definition) is 1. The molecule has 1 saturated carbocycles. The van der Waals surface area contributed by atoms with Gasteiger partial charge in [0.25, 0.3) is 0 Å². The van der Waals surface area contributed by atoms with E-state index in [-0.39, 0.29) is 18.5 Å². The second kappa shape index (κ2) is 10.3. The molecule has 0 aliphatic heterocycles. The first-order valence-corrected chi connectivity index (χ1v) is 11.1. The van der Waals surface area contributed by atoms with Gasteiger partial charge in [-0.15, -0.1) is 16.9 Å². The summed E-state index contributed by atoms with van der Waals surface area (Å²) in [6.07, 6.45) is 6.17. The van der Waals surface area contributed by atoms with Crippen LogP contribution in [0.4, 0.5) is 6.01 Å². The van der Waals surface area contributed by atoms with Crippen LogP contribution in [-0.4, -0.2) is 32.0 Å². The topological polar surface area (TPSA) is 109 Å². The van der Waals surface area contributed by atoms with E-state index in [0.717, 1.165) is 5.56 Å². The molecule has 1 amide bonds. The second-order valence-corrected chi connectivity index (χ2v) is 8.62. The molecule has 8 heteroatoms. The SMILES string of the molecule is CC[C@@H]1CCCC[C@H]1SCC(=O)N(Cc1ccc(C#N)cc1)Cc1nnc(N)o1. The third-order valence-electron chi connectivity index (χ3n) is 5.40. The first kappa shape index (κ1) is 21.2. The molecule has 1 aliphatic rings. The van der Waals surface area contributed by atoms with Crippen LogP contribution in [-0.2, 0) is 17.9 Å². The number of nitrogens with two attached hydrogens (primary N) is 1. The molecule has 7 nitrogen and oxygen atoms in total. The van der Waals surface area contributed by atoms with Crippen molar-refractivity contribution >= 4 is 23.7 Å². The maximum atomic E-state index is 13.1. The van der Waals surface area contributed by atoms with E-state index in [9.17, 15) is 4.79 Å². The summed E-state index contributed by atoms with van der Waals surface area (Å²) in [7, 11) is 0. The molecule has 0 spiro atoms. The number of nitrogen functional groups attached to an aromatic ring is 1. The van der Waals surface area contributed by atoms with Crippen LogP contribution in [0.5, 0.6) is 0 Å². The molecule has 2 atom stereocenters. The summed E-state index contributed by atoms with van der Waals surface area (Å²) in [5.74, 6) is 1.49. The number of anilines is 1. The van der Waals surface area contributed by atoms with Crippen LogP contribution in [0.25, 0.3) is 0 Å².